The van der Waals surface area contributed by atoms with Crippen molar-refractivity contribution in [1.82, 2.24) is 4.90 Å². The molecule has 1 amide bonds. The second kappa shape index (κ2) is 9.21. The highest BCUT2D eigenvalue weighted by Crippen LogP contribution is 2.42. The maximum absolute atomic E-state index is 15.0. The Morgan fingerprint density at radius 1 is 1.06 bits per heavy atom. The van der Waals surface area contributed by atoms with Crippen LogP contribution in [0.1, 0.15) is 66.4 Å². The predicted molar refractivity (Wildman–Crippen MR) is 135 cm³/mol. The van der Waals surface area contributed by atoms with Crippen LogP contribution in [0.3, 0.4) is 0 Å². The van der Waals surface area contributed by atoms with Crippen LogP contribution < -0.4 is 4.90 Å². The van der Waals surface area contributed by atoms with Crippen LogP contribution in [0.15, 0.2) is 18.2 Å². The van der Waals surface area contributed by atoms with Gasteiger partial charge in [-0.3, -0.25) is 0 Å². The Labute approximate surface area is 200 Å². The molecule has 2 aliphatic heterocycles. The molecular formula is C26H43FN2O3Si. The van der Waals surface area contributed by atoms with E-state index in [0.29, 0.717) is 12.3 Å². The Hall–Kier alpha value is -1.60. The first-order valence-corrected chi connectivity index (χ1v) is 15.2. The number of likely N-dealkylation sites (tertiary alicyclic amines) is 1. The van der Waals surface area contributed by atoms with Crippen LogP contribution in [-0.4, -0.2) is 51.1 Å². The summed E-state index contributed by atoms with van der Waals surface area (Å²) in [6, 6.07) is 5.53. The van der Waals surface area contributed by atoms with E-state index in [1.807, 2.05) is 37.8 Å². The highest BCUT2D eigenvalue weighted by atomic mass is 28.4. The standard InChI is InChI=1S/C26H43FN2O3Si/c1-24(2,3)32-23(30)29-16-13-26(19-29)11-14-28(15-12-26)22-10-9-20(17-21(22)27)18-31-33(7,8)25(4,5)6/h9-10,17H,11-16,18-19H2,1-8H3. The molecule has 7 heteroatoms. The summed E-state index contributed by atoms with van der Waals surface area (Å²) in [5.41, 5.74) is 1.21. The molecule has 0 saturated carbocycles. The maximum Gasteiger partial charge on any atom is 0.410 e. The summed E-state index contributed by atoms with van der Waals surface area (Å²) >= 11 is 0. The molecule has 2 aliphatic rings. The third kappa shape index (κ3) is 6.30. The monoisotopic (exact) mass is 478 g/mol. The maximum atomic E-state index is 15.0. The number of hydrogen-bond acceptors (Lipinski definition) is 4. The first-order valence-electron chi connectivity index (χ1n) is 12.3. The molecule has 5 nitrogen and oxygen atoms in total. The lowest BCUT2D eigenvalue weighted by atomic mass is 9.77. The van der Waals surface area contributed by atoms with E-state index in [2.05, 4.69) is 38.8 Å². The molecule has 33 heavy (non-hydrogen) atoms. The van der Waals surface area contributed by atoms with E-state index in [4.69, 9.17) is 9.16 Å². The second-order valence-electron chi connectivity index (χ2n) is 12.5. The molecule has 2 fully saturated rings. The smallest absolute Gasteiger partial charge is 0.410 e. The summed E-state index contributed by atoms with van der Waals surface area (Å²) in [4.78, 5) is 16.4. The molecule has 186 valence electrons. The zero-order valence-corrected chi connectivity index (χ0v) is 22.9. The van der Waals surface area contributed by atoms with Crippen molar-refractivity contribution in [2.45, 2.75) is 91.1 Å². The third-order valence-corrected chi connectivity index (χ3v) is 12.2. The molecule has 0 N–H and O–H groups in total. The number of piperidine rings is 1. The number of rotatable bonds is 4. The van der Waals surface area contributed by atoms with E-state index in [1.54, 1.807) is 6.07 Å². The van der Waals surface area contributed by atoms with Crippen LogP contribution in [0.2, 0.25) is 18.1 Å². The molecule has 3 rings (SSSR count). The topological polar surface area (TPSA) is 42.0 Å². The van der Waals surface area contributed by atoms with Crippen molar-refractivity contribution < 1.29 is 18.3 Å². The normalized spacial score (nSPS) is 19.3. The number of ether oxygens (including phenoxy) is 1. The van der Waals surface area contributed by atoms with Crippen LogP contribution in [-0.2, 0) is 15.8 Å². The van der Waals surface area contributed by atoms with Crippen LogP contribution in [0.25, 0.3) is 0 Å². The summed E-state index contributed by atoms with van der Waals surface area (Å²) in [5.74, 6) is -0.177. The second-order valence-corrected chi connectivity index (χ2v) is 17.3. The molecule has 0 aliphatic carbocycles. The quantitative estimate of drug-likeness (QED) is 0.459. The first-order chi connectivity index (χ1) is 15.1. The van der Waals surface area contributed by atoms with E-state index in [-0.39, 0.29) is 22.4 Å². The summed E-state index contributed by atoms with van der Waals surface area (Å²) in [5, 5.41) is 0.133. The van der Waals surface area contributed by atoms with Crippen molar-refractivity contribution in [3.05, 3.63) is 29.6 Å². The largest absolute Gasteiger partial charge is 0.444 e. The first kappa shape index (κ1) is 26.0. The number of amides is 1. The van der Waals surface area contributed by atoms with Crippen LogP contribution >= 0.6 is 0 Å². The van der Waals surface area contributed by atoms with Crippen LogP contribution in [0.5, 0.6) is 0 Å². The highest BCUT2D eigenvalue weighted by Gasteiger charge is 2.43. The SMILES string of the molecule is CC(C)(C)OC(=O)N1CCC2(CCN(c3ccc(CO[Si](C)(C)C(C)(C)C)cc3F)CC2)C1. The predicted octanol–water partition coefficient (Wildman–Crippen LogP) is 6.57. The highest BCUT2D eigenvalue weighted by molar-refractivity contribution is 6.74. The summed E-state index contributed by atoms with van der Waals surface area (Å²) < 4.78 is 26.8. The average molecular weight is 479 g/mol. The van der Waals surface area contributed by atoms with Gasteiger partial charge in [-0.05, 0) is 81.3 Å². The Bertz CT molecular complexity index is 852. The number of halogens is 1. The molecule has 0 bridgehead atoms. The zero-order chi connectivity index (χ0) is 24.7. The summed E-state index contributed by atoms with van der Waals surface area (Å²) in [6.07, 6.45) is 2.69. The van der Waals surface area contributed by atoms with Gasteiger partial charge in [0.05, 0.1) is 12.3 Å². The molecular weight excluding hydrogens is 435 g/mol. The van der Waals surface area contributed by atoms with Gasteiger partial charge in [-0.1, -0.05) is 26.8 Å². The average Bonchev–Trinajstić information content (AvgIpc) is 3.09. The molecule has 1 aromatic carbocycles. The minimum atomic E-state index is -1.87. The molecule has 0 atom stereocenters. The van der Waals surface area contributed by atoms with E-state index in [1.165, 1.54) is 0 Å². The molecule has 2 saturated heterocycles. The molecule has 0 unspecified atom stereocenters. The molecule has 1 aromatic rings. The number of carbonyl (C=O) groups is 1. The Morgan fingerprint density at radius 2 is 1.67 bits per heavy atom. The number of nitrogens with zero attached hydrogens (tertiary/aromatic N) is 2. The van der Waals surface area contributed by atoms with Gasteiger partial charge < -0.3 is 19.0 Å². The van der Waals surface area contributed by atoms with E-state index >= 15 is 4.39 Å². The van der Waals surface area contributed by atoms with Crippen molar-refractivity contribution in [2.75, 3.05) is 31.1 Å². The minimum Gasteiger partial charge on any atom is -0.444 e. The molecule has 2 heterocycles. The van der Waals surface area contributed by atoms with Gasteiger partial charge in [0.15, 0.2) is 8.32 Å². The van der Waals surface area contributed by atoms with Gasteiger partial charge in [0.1, 0.15) is 11.4 Å². The lowest BCUT2D eigenvalue weighted by Gasteiger charge is -2.40. The number of hydrogen-bond donors (Lipinski definition) is 0. The van der Waals surface area contributed by atoms with Gasteiger partial charge >= 0.3 is 6.09 Å². The number of anilines is 1. The van der Waals surface area contributed by atoms with Crippen molar-refractivity contribution in [1.29, 1.82) is 0 Å². The van der Waals surface area contributed by atoms with Gasteiger partial charge in [0.2, 0.25) is 0 Å². The van der Waals surface area contributed by atoms with Gasteiger partial charge in [0, 0.05) is 26.2 Å². The zero-order valence-electron chi connectivity index (χ0n) is 21.9. The van der Waals surface area contributed by atoms with Gasteiger partial charge in [-0.15, -0.1) is 0 Å². The van der Waals surface area contributed by atoms with Gasteiger partial charge in [-0.2, -0.15) is 0 Å². The summed E-state index contributed by atoms with van der Waals surface area (Å²) in [6.45, 7) is 20.3. The van der Waals surface area contributed by atoms with Gasteiger partial charge in [-0.25, -0.2) is 9.18 Å². The van der Waals surface area contributed by atoms with E-state index in [0.717, 1.165) is 51.0 Å². The Kier molecular flexibility index (Phi) is 7.26. The Balaban J connectivity index is 1.56. The van der Waals surface area contributed by atoms with E-state index < -0.39 is 13.9 Å². The van der Waals surface area contributed by atoms with Crippen LogP contribution in [0.4, 0.5) is 14.9 Å². The minimum absolute atomic E-state index is 0.126. The fourth-order valence-corrected chi connectivity index (χ4v) is 5.38. The van der Waals surface area contributed by atoms with Gasteiger partial charge in [0.25, 0.3) is 0 Å². The fourth-order valence-electron chi connectivity index (χ4n) is 4.42. The van der Waals surface area contributed by atoms with Crippen LogP contribution in [0, 0.1) is 11.2 Å². The van der Waals surface area contributed by atoms with E-state index in [9.17, 15) is 4.79 Å². The summed E-state index contributed by atoms with van der Waals surface area (Å²) in [7, 11) is -1.87. The lowest BCUT2D eigenvalue weighted by Crippen LogP contribution is -2.43. The van der Waals surface area contributed by atoms with Crippen molar-refractivity contribution >= 4 is 20.1 Å². The fraction of sp³-hybridized carbons (Fsp3) is 0.731. The third-order valence-electron chi connectivity index (χ3n) is 7.67. The van der Waals surface area contributed by atoms with Crippen molar-refractivity contribution in [3.8, 4) is 0 Å². The number of carbonyl (C=O) groups excluding carboxylic acids is 1. The molecule has 0 aromatic heterocycles. The van der Waals surface area contributed by atoms with Crippen molar-refractivity contribution in [3.63, 3.8) is 0 Å². The Morgan fingerprint density at radius 3 is 2.21 bits per heavy atom. The lowest BCUT2D eigenvalue weighted by molar-refractivity contribution is 0.0266. The molecule has 1 spiro atoms. The molecule has 0 radical (unpaired) electrons. The number of benzene rings is 1. The van der Waals surface area contributed by atoms with Crippen molar-refractivity contribution in [2.24, 2.45) is 5.41 Å².